The average Bonchev–Trinajstić information content (AvgIpc) is 2.34. The lowest BCUT2D eigenvalue weighted by Crippen LogP contribution is -2.26. The minimum atomic E-state index is -0.305. The first kappa shape index (κ1) is 12.0. The van der Waals surface area contributed by atoms with Gasteiger partial charge in [0.2, 0.25) is 0 Å². The largest absolute Gasteiger partial charge is 0.348 e. The van der Waals surface area contributed by atoms with Crippen LogP contribution in [0, 0.1) is 25.2 Å². The van der Waals surface area contributed by atoms with E-state index in [1.165, 1.54) is 4.57 Å². The van der Waals surface area contributed by atoms with E-state index >= 15 is 0 Å². The SMILES string of the molecule is Cc1cc(C)n(Cc2cccnc2C#N)c(=O)n1. The number of hydrogen-bond acceptors (Lipinski definition) is 4. The van der Waals surface area contributed by atoms with Crippen molar-refractivity contribution in [1.29, 1.82) is 5.26 Å². The van der Waals surface area contributed by atoms with Gasteiger partial charge < -0.3 is 0 Å². The highest BCUT2D eigenvalue weighted by molar-refractivity contribution is 5.31. The van der Waals surface area contributed by atoms with E-state index in [9.17, 15) is 4.79 Å². The molecule has 0 unspecified atom stereocenters. The Hall–Kier alpha value is -2.48. The summed E-state index contributed by atoms with van der Waals surface area (Å²) in [4.78, 5) is 19.7. The summed E-state index contributed by atoms with van der Waals surface area (Å²) < 4.78 is 1.53. The second kappa shape index (κ2) is 4.80. The van der Waals surface area contributed by atoms with Gasteiger partial charge in [0.1, 0.15) is 11.8 Å². The maximum Gasteiger partial charge on any atom is 0.348 e. The zero-order chi connectivity index (χ0) is 13.1. The zero-order valence-electron chi connectivity index (χ0n) is 10.2. The highest BCUT2D eigenvalue weighted by Crippen LogP contribution is 2.07. The van der Waals surface area contributed by atoms with Crippen LogP contribution in [0.25, 0.3) is 0 Å². The van der Waals surface area contributed by atoms with Crippen molar-refractivity contribution in [3.63, 3.8) is 0 Å². The molecule has 0 amide bonds. The van der Waals surface area contributed by atoms with E-state index in [1.807, 2.05) is 19.1 Å². The van der Waals surface area contributed by atoms with Crippen molar-refractivity contribution in [2.24, 2.45) is 0 Å². The maximum absolute atomic E-state index is 11.8. The molecule has 0 fully saturated rings. The lowest BCUT2D eigenvalue weighted by Gasteiger charge is -2.10. The van der Waals surface area contributed by atoms with Gasteiger partial charge >= 0.3 is 5.69 Å². The maximum atomic E-state index is 11.8. The molecular formula is C13H12N4O. The van der Waals surface area contributed by atoms with Crippen LogP contribution in [0.1, 0.15) is 22.6 Å². The number of nitriles is 1. The van der Waals surface area contributed by atoms with Crippen molar-refractivity contribution >= 4 is 0 Å². The summed E-state index contributed by atoms with van der Waals surface area (Å²) >= 11 is 0. The van der Waals surface area contributed by atoms with E-state index in [-0.39, 0.29) is 5.69 Å². The standard InChI is InChI=1S/C13H12N4O/c1-9-6-10(2)17(13(18)16-9)8-11-4-3-5-15-12(11)7-14/h3-6H,8H2,1-2H3. The summed E-state index contributed by atoms with van der Waals surface area (Å²) in [7, 11) is 0. The molecule has 2 aromatic rings. The summed E-state index contributed by atoms with van der Waals surface area (Å²) in [5.41, 5.74) is 2.26. The topological polar surface area (TPSA) is 71.6 Å². The molecule has 5 nitrogen and oxygen atoms in total. The molecule has 0 spiro atoms. The van der Waals surface area contributed by atoms with E-state index in [1.54, 1.807) is 25.3 Å². The Balaban J connectivity index is 2.48. The summed E-state index contributed by atoms with van der Waals surface area (Å²) in [6.45, 7) is 3.94. The first-order valence-electron chi connectivity index (χ1n) is 5.51. The second-order valence-electron chi connectivity index (χ2n) is 4.03. The summed E-state index contributed by atoms with van der Waals surface area (Å²) in [6.07, 6.45) is 1.56. The summed E-state index contributed by atoms with van der Waals surface area (Å²) in [5.74, 6) is 0. The van der Waals surface area contributed by atoms with Crippen LogP contribution in [0.4, 0.5) is 0 Å². The molecule has 0 aliphatic heterocycles. The molecule has 0 saturated carbocycles. The predicted octanol–water partition coefficient (Wildman–Crippen LogP) is 1.18. The molecule has 2 rings (SSSR count). The molecule has 0 atom stereocenters. The Kier molecular flexibility index (Phi) is 3.20. The lowest BCUT2D eigenvalue weighted by atomic mass is 10.2. The fourth-order valence-electron chi connectivity index (χ4n) is 1.80. The molecule has 0 N–H and O–H groups in total. The van der Waals surface area contributed by atoms with E-state index < -0.39 is 0 Å². The molecule has 5 heteroatoms. The van der Waals surface area contributed by atoms with Crippen LogP contribution in [0.3, 0.4) is 0 Å². The minimum Gasteiger partial charge on any atom is -0.292 e. The molecular weight excluding hydrogens is 228 g/mol. The van der Waals surface area contributed by atoms with Gasteiger partial charge in [-0.25, -0.2) is 9.78 Å². The van der Waals surface area contributed by atoms with Crippen LogP contribution in [0.5, 0.6) is 0 Å². The molecule has 0 aliphatic carbocycles. The van der Waals surface area contributed by atoms with Crippen molar-refractivity contribution in [1.82, 2.24) is 14.5 Å². The van der Waals surface area contributed by atoms with E-state index in [0.717, 1.165) is 11.3 Å². The third-order valence-electron chi connectivity index (χ3n) is 2.67. The zero-order valence-corrected chi connectivity index (χ0v) is 10.2. The Morgan fingerprint density at radius 2 is 2.22 bits per heavy atom. The molecule has 0 radical (unpaired) electrons. The Morgan fingerprint density at radius 3 is 2.89 bits per heavy atom. The smallest absolute Gasteiger partial charge is 0.292 e. The third kappa shape index (κ3) is 2.28. The third-order valence-corrected chi connectivity index (χ3v) is 2.67. The van der Waals surface area contributed by atoms with Gasteiger partial charge in [-0.2, -0.15) is 10.2 Å². The van der Waals surface area contributed by atoms with Crippen LogP contribution >= 0.6 is 0 Å². The van der Waals surface area contributed by atoms with Gasteiger partial charge in [-0.15, -0.1) is 0 Å². The highest BCUT2D eigenvalue weighted by atomic mass is 16.1. The van der Waals surface area contributed by atoms with Crippen molar-refractivity contribution in [2.45, 2.75) is 20.4 Å². The number of hydrogen-bond donors (Lipinski definition) is 0. The van der Waals surface area contributed by atoms with Crippen molar-refractivity contribution in [3.05, 3.63) is 57.5 Å². The first-order chi connectivity index (χ1) is 8.61. The Labute approximate surface area is 104 Å². The molecule has 2 aromatic heterocycles. The number of aryl methyl sites for hydroxylation is 2. The normalized spacial score (nSPS) is 10.1. The number of rotatable bonds is 2. The fraction of sp³-hybridized carbons (Fsp3) is 0.231. The lowest BCUT2D eigenvalue weighted by molar-refractivity contribution is 0.690. The van der Waals surface area contributed by atoms with Gasteiger partial charge in [0.15, 0.2) is 0 Å². The Morgan fingerprint density at radius 1 is 1.44 bits per heavy atom. The van der Waals surface area contributed by atoms with Crippen LogP contribution in [-0.4, -0.2) is 14.5 Å². The molecule has 90 valence electrons. The van der Waals surface area contributed by atoms with Crippen LogP contribution < -0.4 is 5.69 Å². The van der Waals surface area contributed by atoms with Gasteiger partial charge in [-0.05, 0) is 26.0 Å². The molecule has 0 bridgehead atoms. The van der Waals surface area contributed by atoms with Crippen molar-refractivity contribution < 1.29 is 0 Å². The quantitative estimate of drug-likeness (QED) is 0.790. The number of pyridine rings is 1. The van der Waals surface area contributed by atoms with E-state index in [2.05, 4.69) is 9.97 Å². The van der Waals surface area contributed by atoms with Gasteiger partial charge in [-0.1, -0.05) is 6.07 Å². The Bertz CT molecular complexity index is 682. The molecule has 0 aliphatic rings. The van der Waals surface area contributed by atoms with Crippen LogP contribution in [0.2, 0.25) is 0 Å². The van der Waals surface area contributed by atoms with E-state index in [0.29, 0.717) is 17.9 Å². The number of aromatic nitrogens is 3. The average molecular weight is 240 g/mol. The van der Waals surface area contributed by atoms with Gasteiger partial charge in [0.05, 0.1) is 6.54 Å². The predicted molar refractivity (Wildman–Crippen MR) is 66.0 cm³/mol. The fourth-order valence-corrected chi connectivity index (χ4v) is 1.80. The molecule has 2 heterocycles. The van der Waals surface area contributed by atoms with Gasteiger partial charge in [0.25, 0.3) is 0 Å². The van der Waals surface area contributed by atoms with Gasteiger partial charge in [0, 0.05) is 23.1 Å². The van der Waals surface area contributed by atoms with Crippen LogP contribution in [-0.2, 0) is 6.54 Å². The highest BCUT2D eigenvalue weighted by Gasteiger charge is 2.07. The number of nitrogens with zero attached hydrogens (tertiary/aromatic N) is 4. The summed E-state index contributed by atoms with van der Waals surface area (Å²) in [6, 6.07) is 7.39. The first-order valence-corrected chi connectivity index (χ1v) is 5.51. The van der Waals surface area contributed by atoms with Crippen molar-refractivity contribution in [3.8, 4) is 6.07 Å². The van der Waals surface area contributed by atoms with E-state index in [4.69, 9.17) is 5.26 Å². The molecule has 0 aromatic carbocycles. The molecule has 0 saturated heterocycles. The van der Waals surface area contributed by atoms with Crippen molar-refractivity contribution in [2.75, 3.05) is 0 Å². The summed E-state index contributed by atoms with van der Waals surface area (Å²) in [5, 5.41) is 8.96. The molecule has 18 heavy (non-hydrogen) atoms. The second-order valence-corrected chi connectivity index (χ2v) is 4.03. The minimum absolute atomic E-state index is 0.305. The monoisotopic (exact) mass is 240 g/mol. The van der Waals surface area contributed by atoms with Gasteiger partial charge in [-0.3, -0.25) is 4.57 Å². The van der Waals surface area contributed by atoms with Crippen LogP contribution in [0.15, 0.2) is 29.2 Å².